The van der Waals surface area contributed by atoms with Crippen molar-refractivity contribution in [1.82, 2.24) is 14.9 Å². The minimum absolute atomic E-state index is 0.276. The number of hydrogen-bond donors (Lipinski definition) is 0. The molecule has 1 amide bonds. The lowest BCUT2D eigenvalue weighted by Gasteiger charge is -2.47. The molecule has 3 heterocycles. The molecule has 2 aliphatic heterocycles. The maximum atomic E-state index is 12.3. The van der Waals surface area contributed by atoms with Crippen LogP contribution < -0.4 is 4.90 Å². The molecule has 1 aliphatic carbocycles. The number of carbonyl (C=O) groups excluding carboxylic acids is 1. The summed E-state index contributed by atoms with van der Waals surface area (Å²) in [6, 6.07) is 2.17. The highest BCUT2D eigenvalue weighted by Crippen LogP contribution is 2.41. The number of aromatic nitrogens is 2. The summed E-state index contributed by atoms with van der Waals surface area (Å²) >= 11 is 0. The summed E-state index contributed by atoms with van der Waals surface area (Å²) in [5.74, 6) is 1.87. The van der Waals surface area contributed by atoms with Gasteiger partial charge in [-0.1, -0.05) is 6.42 Å². The van der Waals surface area contributed by atoms with Crippen molar-refractivity contribution < 1.29 is 9.53 Å². The van der Waals surface area contributed by atoms with Gasteiger partial charge in [0.05, 0.1) is 0 Å². The number of rotatable bonds is 6. The minimum atomic E-state index is 0.276. The molecule has 154 valence electrons. The Balaban J connectivity index is 1.39. The number of methoxy groups -OCH3 is 1. The molecule has 0 atom stereocenters. The van der Waals surface area contributed by atoms with Gasteiger partial charge in [-0.25, -0.2) is 9.97 Å². The fourth-order valence-corrected chi connectivity index (χ4v) is 4.93. The highest BCUT2D eigenvalue weighted by Gasteiger charge is 2.41. The van der Waals surface area contributed by atoms with E-state index in [2.05, 4.69) is 22.8 Å². The van der Waals surface area contributed by atoms with Crippen LogP contribution in [-0.2, 0) is 9.53 Å². The zero-order chi connectivity index (χ0) is 19.6. The molecule has 6 heteroatoms. The van der Waals surface area contributed by atoms with Crippen LogP contribution >= 0.6 is 0 Å². The molecule has 1 saturated carbocycles. The molecule has 2 saturated heterocycles. The van der Waals surface area contributed by atoms with Crippen LogP contribution in [0.2, 0.25) is 0 Å². The summed E-state index contributed by atoms with van der Waals surface area (Å²) in [4.78, 5) is 26.4. The van der Waals surface area contributed by atoms with Gasteiger partial charge in [-0.2, -0.15) is 0 Å². The molecule has 0 unspecified atom stereocenters. The third-order valence-corrected chi connectivity index (χ3v) is 7.02. The van der Waals surface area contributed by atoms with E-state index in [0.29, 0.717) is 18.2 Å². The fraction of sp³-hybridized carbons (Fsp3) is 0.773. The van der Waals surface area contributed by atoms with Crippen LogP contribution in [0.25, 0.3) is 0 Å². The van der Waals surface area contributed by atoms with Crippen molar-refractivity contribution in [1.29, 1.82) is 0 Å². The van der Waals surface area contributed by atoms with Crippen LogP contribution in [-0.4, -0.2) is 60.7 Å². The molecular weight excluding hydrogens is 352 g/mol. The number of aryl methyl sites for hydroxylation is 1. The van der Waals surface area contributed by atoms with Gasteiger partial charge < -0.3 is 14.5 Å². The number of likely N-dealkylation sites (tertiary alicyclic amines) is 1. The van der Waals surface area contributed by atoms with Crippen LogP contribution in [0, 0.1) is 12.3 Å². The molecule has 28 heavy (non-hydrogen) atoms. The van der Waals surface area contributed by atoms with E-state index in [-0.39, 0.29) is 5.41 Å². The molecule has 3 aliphatic rings. The zero-order valence-electron chi connectivity index (χ0n) is 17.5. The van der Waals surface area contributed by atoms with Gasteiger partial charge >= 0.3 is 0 Å². The zero-order valence-corrected chi connectivity index (χ0v) is 17.5. The molecule has 0 bridgehead atoms. The van der Waals surface area contributed by atoms with Gasteiger partial charge in [0.25, 0.3) is 0 Å². The Hall–Kier alpha value is -1.69. The predicted molar refractivity (Wildman–Crippen MR) is 110 cm³/mol. The number of amides is 1. The lowest BCUT2D eigenvalue weighted by atomic mass is 9.72. The van der Waals surface area contributed by atoms with Gasteiger partial charge in [-0.05, 0) is 56.9 Å². The van der Waals surface area contributed by atoms with Gasteiger partial charge in [0.15, 0.2) is 0 Å². The Morgan fingerprint density at radius 3 is 2.68 bits per heavy atom. The van der Waals surface area contributed by atoms with Crippen LogP contribution in [0.15, 0.2) is 6.07 Å². The molecule has 0 N–H and O–H groups in total. The van der Waals surface area contributed by atoms with Crippen molar-refractivity contribution in [3.05, 3.63) is 17.5 Å². The first-order valence-electron chi connectivity index (χ1n) is 11.0. The number of carbonyl (C=O) groups is 1. The molecule has 6 nitrogen and oxygen atoms in total. The van der Waals surface area contributed by atoms with E-state index in [9.17, 15) is 4.79 Å². The smallest absolute Gasteiger partial charge is 0.225 e. The minimum Gasteiger partial charge on any atom is -0.385 e. The van der Waals surface area contributed by atoms with Crippen molar-refractivity contribution in [2.24, 2.45) is 5.41 Å². The number of ether oxygens (including phenoxy) is 1. The number of nitrogens with zero attached hydrogens (tertiary/aromatic N) is 4. The van der Waals surface area contributed by atoms with Crippen LogP contribution in [0.3, 0.4) is 0 Å². The van der Waals surface area contributed by atoms with Gasteiger partial charge in [-0.3, -0.25) is 4.79 Å². The van der Waals surface area contributed by atoms with Crippen molar-refractivity contribution in [2.45, 2.75) is 64.2 Å². The third-order valence-electron chi connectivity index (χ3n) is 7.02. The lowest BCUT2D eigenvalue weighted by Crippen LogP contribution is -2.52. The molecule has 3 fully saturated rings. The molecule has 1 aromatic rings. The molecular formula is C22H34N4O2. The topological polar surface area (TPSA) is 58.6 Å². The largest absolute Gasteiger partial charge is 0.385 e. The maximum absolute atomic E-state index is 12.3. The summed E-state index contributed by atoms with van der Waals surface area (Å²) in [5.41, 5.74) is 2.60. The summed E-state index contributed by atoms with van der Waals surface area (Å²) < 4.78 is 5.16. The average Bonchev–Trinajstić information content (AvgIpc) is 2.64. The molecule has 4 rings (SSSR count). The number of anilines is 1. The quantitative estimate of drug-likeness (QED) is 0.702. The molecule has 0 radical (unpaired) electrons. The van der Waals surface area contributed by atoms with E-state index >= 15 is 0 Å². The molecule has 0 aromatic carbocycles. The summed E-state index contributed by atoms with van der Waals surface area (Å²) in [6.07, 6.45) is 8.76. The predicted octanol–water partition coefficient (Wildman–Crippen LogP) is 3.30. The van der Waals surface area contributed by atoms with Gasteiger partial charge in [-0.15, -0.1) is 0 Å². The Kier molecular flexibility index (Phi) is 5.85. The van der Waals surface area contributed by atoms with Gasteiger partial charge in [0.1, 0.15) is 0 Å². The Labute approximate surface area is 168 Å². The van der Waals surface area contributed by atoms with Gasteiger partial charge in [0.2, 0.25) is 11.9 Å². The second kappa shape index (κ2) is 8.36. The van der Waals surface area contributed by atoms with Crippen LogP contribution in [0.5, 0.6) is 0 Å². The van der Waals surface area contributed by atoms with Crippen molar-refractivity contribution in [2.75, 3.05) is 44.8 Å². The monoisotopic (exact) mass is 386 g/mol. The van der Waals surface area contributed by atoms with Crippen molar-refractivity contribution in [3.63, 3.8) is 0 Å². The lowest BCUT2D eigenvalue weighted by molar-refractivity contribution is -0.138. The van der Waals surface area contributed by atoms with E-state index in [0.717, 1.165) is 70.1 Å². The summed E-state index contributed by atoms with van der Waals surface area (Å²) in [5, 5.41) is 0. The molecule has 1 aromatic heterocycles. The van der Waals surface area contributed by atoms with Crippen LogP contribution in [0.1, 0.15) is 68.7 Å². The Bertz CT molecular complexity index is 696. The number of hydrogen-bond acceptors (Lipinski definition) is 5. The van der Waals surface area contributed by atoms with E-state index < -0.39 is 0 Å². The second-order valence-corrected chi connectivity index (χ2v) is 9.01. The van der Waals surface area contributed by atoms with E-state index in [1.165, 1.54) is 25.0 Å². The Morgan fingerprint density at radius 1 is 1.21 bits per heavy atom. The normalized spacial score (nSPS) is 22.6. The van der Waals surface area contributed by atoms with E-state index in [1.54, 1.807) is 7.11 Å². The number of piperidine rings is 2. The highest BCUT2D eigenvalue weighted by atomic mass is 16.5. The van der Waals surface area contributed by atoms with Crippen molar-refractivity contribution >= 4 is 11.9 Å². The third kappa shape index (κ3) is 4.17. The fourth-order valence-electron chi connectivity index (χ4n) is 4.93. The van der Waals surface area contributed by atoms with Gasteiger partial charge in [0, 0.05) is 63.6 Å². The summed E-state index contributed by atoms with van der Waals surface area (Å²) in [7, 11) is 1.72. The highest BCUT2D eigenvalue weighted by molar-refractivity contribution is 5.77. The SMILES string of the molecule is COCCCN1CC2(CCC1=O)CCN(c1nc(C)cc(C3CCC3)n1)CC2. The first kappa shape index (κ1) is 19.6. The summed E-state index contributed by atoms with van der Waals surface area (Å²) in [6.45, 7) is 6.53. The Morgan fingerprint density at radius 2 is 2.00 bits per heavy atom. The average molecular weight is 387 g/mol. The van der Waals surface area contributed by atoms with E-state index in [4.69, 9.17) is 14.7 Å². The maximum Gasteiger partial charge on any atom is 0.225 e. The van der Waals surface area contributed by atoms with Crippen LogP contribution in [0.4, 0.5) is 5.95 Å². The van der Waals surface area contributed by atoms with E-state index in [1.807, 2.05) is 0 Å². The van der Waals surface area contributed by atoms with Crippen molar-refractivity contribution in [3.8, 4) is 0 Å². The first-order chi connectivity index (χ1) is 13.6. The standard InChI is InChI=1S/C22H34N4O2/c1-17-15-19(18-5-3-6-18)24-21(23-17)25-12-9-22(10-13-25)8-7-20(27)26(16-22)11-4-14-28-2/h15,18H,3-14,16H2,1-2H3. The second-order valence-electron chi connectivity index (χ2n) is 9.01. The first-order valence-corrected chi connectivity index (χ1v) is 11.0. The molecule has 1 spiro atoms.